The quantitative estimate of drug-likeness (QED) is 0.369. The Bertz CT molecular complexity index is 1410. The van der Waals surface area contributed by atoms with Crippen LogP contribution in [-0.4, -0.2) is 27.4 Å². The molecule has 1 unspecified atom stereocenters. The summed E-state index contributed by atoms with van der Waals surface area (Å²) in [6.45, 7) is 7.47. The summed E-state index contributed by atoms with van der Waals surface area (Å²) in [5, 5.41) is 4.95. The molecule has 7 heteroatoms. The van der Waals surface area contributed by atoms with Crippen LogP contribution < -0.4 is 10.9 Å². The monoisotopic (exact) mass is 476 g/mol. The summed E-state index contributed by atoms with van der Waals surface area (Å²) in [4.78, 5) is 38.4. The van der Waals surface area contributed by atoms with Gasteiger partial charge in [0.2, 0.25) is 5.91 Å². The summed E-state index contributed by atoms with van der Waals surface area (Å²) in [6.07, 6.45) is 6.59. The van der Waals surface area contributed by atoms with Crippen molar-refractivity contribution in [1.82, 2.24) is 20.3 Å². The van der Waals surface area contributed by atoms with Crippen molar-refractivity contribution < 1.29 is 4.79 Å². The van der Waals surface area contributed by atoms with Gasteiger partial charge in [-0.2, -0.15) is 0 Å². The molecule has 3 heterocycles. The number of thiophene rings is 1. The van der Waals surface area contributed by atoms with Crippen molar-refractivity contribution in [3.05, 3.63) is 62.6 Å². The molecular weight excluding hydrogens is 444 g/mol. The first-order valence-electron chi connectivity index (χ1n) is 12.1. The van der Waals surface area contributed by atoms with Crippen molar-refractivity contribution in [2.24, 2.45) is 11.3 Å². The van der Waals surface area contributed by atoms with Gasteiger partial charge in [0.1, 0.15) is 10.7 Å². The maximum atomic E-state index is 12.9. The number of H-pyrrole nitrogens is 2. The lowest BCUT2D eigenvalue weighted by molar-refractivity contribution is -0.121. The summed E-state index contributed by atoms with van der Waals surface area (Å²) >= 11 is 1.66. The zero-order valence-electron chi connectivity index (χ0n) is 20.1. The van der Waals surface area contributed by atoms with E-state index < -0.39 is 0 Å². The number of aryl methyl sites for hydroxylation is 2. The molecule has 4 aromatic rings. The molecule has 1 amide bonds. The lowest BCUT2D eigenvalue weighted by Gasteiger charge is -2.33. The Balaban J connectivity index is 1.20. The Morgan fingerprint density at radius 2 is 2.06 bits per heavy atom. The number of rotatable bonds is 6. The summed E-state index contributed by atoms with van der Waals surface area (Å²) in [6, 6.07) is 8.17. The van der Waals surface area contributed by atoms with Gasteiger partial charge in [-0.1, -0.05) is 39.0 Å². The minimum Gasteiger partial charge on any atom is -0.361 e. The fraction of sp³-hybridized carbons (Fsp3) is 0.444. The van der Waals surface area contributed by atoms with E-state index in [1.807, 2.05) is 18.3 Å². The maximum Gasteiger partial charge on any atom is 0.259 e. The predicted molar refractivity (Wildman–Crippen MR) is 139 cm³/mol. The van der Waals surface area contributed by atoms with E-state index in [1.54, 1.807) is 11.3 Å². The molecule has 34 heavy (non-hydrogen) atoms. The van der Waals surface area contributed by atoms with E-state index in [1.165, 1.54) is 21.4 Å². The smallest absolute Gasteiger partial charge is 0.259 e. The molecule has 3 N–H and O–H groups in total. The summed E-state index contributed by atoms with van der Waals surface area (Å²) in [7, 11) is 0. The highest BCUT2D eigenvalue weighted by Gasteiger charge is 2.31. The van der Waals surface area contributed by atoms with Crippen LogP contribution in [0.25, 0.3) is 21.1 Å². The molecule has 0 fully saturated rings. The van der Waals surface area contributed by atoms with Gasteiger partial charge >= 0.3 is 0 Å². The van der Waals surface area contributed by atoms with Crippen LogP contribution in [0.3, 0.4) is 0 Å². The van der Waals surface area contributed by atoms with Gasteiger partial charge in [-0.25, -0.2) is 4.98 Å². The average Bonchev–Trinajstić information content (AvgIpc) is 3.38. The molecule has 1 aliphatic rings. The van der Waals surface area contributed by atoms with Gasteiger partial charge in [0, 0.05) is 41.4 Å². The molecule has 178 valence electrons. The number of aromatic nitrogens is 3. The van der Waals surface area contributed by atoms with Crippen molar-refractivity contribution in [3.63, 3.8) is 0 Å². The van der Waals surface area contributed by atoms with Crippen molar-refractivity contribution >= 4 is 38.4 Å². The number of hydrogen-bond donors (Lipinski definition) is 3. The minimum atomic E-state index is -0.0635. The maximum absolute atomic E-state index is 12.9. The van der Waals surface area contributed by atoms with Gasteiger partial charge in [-0.15, -0.1) is 11.3 Å². The van der Waals surface area contributed by atoms with Gasteiger partial charge in [0.15, 0.2) is 0 Å². The number of para-hydroxylation sites is 1. The third-order valence-corrected chi connectivity index (χ3v) is 8.32. The minimum absolute atomic E-state index is 0.0268. The van der Waals surface area contributed by atoms with E-state index in [2.05, 4.69) is 48.2 Å². The van der Waals surface area contributed by atoms with Gasteiger partial charge in [0.25, 0.3) is 5.56 Å². The lowest BCUT2D eigenvalue weighted by Crippen LogP contribution is -2.27. The number of amides is 1. The second-order valence-electron chi connectivity index (χ2n) is 10.5. The molecular formula is C27H32N4O2S. The first-order valence-corrected chi connectivity index (χ1v) is 13.0. The van der Waals surface area contributed by atoms with E-state index in [-0.39, 0.29) is 16.9 Å². The number of aromatic amines is 2. The number of benzene rings is 1. The van der Waals surface area contributed by atoms with E-state index in [0.717, 1.165) is 41.4 Å². The molecule has 0 spiro atoms. The van der Waals surface area contributed by atoms with Crippen molar-refractivity contribution in [2.75, 3.05) is 6.54 Å². The first kappa shape index (κ1) is 22.8. The second kappa shape index (κ2) is 9.02. The van der Waals surface area contributed by atoms with Gasteiger partial charge in [-0.3, -0.25) is 9.59 Å². The Morgan fingerprint density at radius 1 is 1.24 bits per heavy atom. The van der Waals surface area contributed by atoms with Crippen LogP contribution in [0.2, 0.25) is 0 Å². The highest BCUT2D eigenvalue weighted by atomic mass is 32.1. The largest absolute Gasteiger partial charge is 0.361 e. The SMILES string of the molecule is CC(C)(C)C1CCc2c(sc3nc(CCC(=O)NCCc4c[nH]c5ccccc45)[nH]c(=O)c23)C1. The Morgan fingerprint density at radius 3 is 2.88 bits per heavy atom. The van der Waals surface area contributed by atoms with E-state index in [4.69, 9.17) is 4.98 Å². The molecule has 0 saturated heterocycles. The zero-order valence-corrected chi connectivity index (χ0v) is 20.9. The summed E-state index contributed by atoms with van der Waals surface area (Å²) in [5.74, 6) is 1.19. The molecule has 1 aromatic carbocycles. The standard InChI is InChI=1S/C27H32N4O2S/c1-27(2,3)17-8-9-19-21(14-17)34-26-24(19)25(33)30-22(31-26)10-11-23(32)28-13-12-16-15-29-20-7-5-4-6-18(16)20/h4-7,15,17,29H,8-14H2,1-3H3,(H,28,32)(H,30,31,33). The van der Waals surface area contributed by atoms with Gasteiger partial charge < -0.3 is 15.3 Å². The normalized spacial score (nSPS) is 16.1. The van der Waals surface area contributed by atoms with Gasteiger partial charge in [0.05, 0.1) is 5.39 Å². The highest BCUT2D eigenvalue weighted by molar-refractivity contribution is 7.18. The first-order chi connectivity index (χ1) is 16.3. The second-order valence-corrected chi connectivity index (χ2v) is 11.5. The van der Waals surface area contributed by atoms with E-state index >= 15 is 0 Å². The number of fused-ring (bicyclic) bond motifs is 4. The Labute approximate surface area is 203 Å². The topological polar surface area (TPSA) is 90.6 Å². The molecule has 1 aliphatic carbocycles. The van der Waals surface area contributed by atoms with E-state index in [9.17, 15) is 9.59 Å². The third-order valence-electron chi connectivity index (χ3n) is 7.17. The molecule has 3 aromatic heterocycles. The number of nitrogens with zero attached hydrogens (tertiary/aromatic N) is 1. The van der Waals surface area contributed by atoms with Crippen LogP contribution in [-0.2, 0) is 30.5 Å². The Hall–Kier alpha value is -2.93. The van der Waals surface area contributed by atoms with Crippen LogP contribution in [0.15, 0.2) is 35.3 Å². The summed E-state index contributed by atoms with van der Waals surface area (Å²) in [5.41, 5.74) is 3.70. The third kappa shape index (κ3) is 4.53. The highest BCUT2D eigenvalue weighted by Crippen LogP contribution is 2.42. The number of hydrogen-bond acceptors (Lipinski definition) is 4. The molecule has 0 aliphatic heterocycles. The molecule has 1 atom stereocenters. The van der Waals surface area contributed by atoms with Crippen LogP contribution in [0.4, 0.5) is 0 Å². The molecule has 0 radical (unpaired) electrons. The molecule has 0 bridgehead atoms. The van der Waals surface area contributed by atoms with Crippen LogP contribution in [0.5, 0.6) is 0 Å². The Kier molecular flexibility index (Phi) is 6.06. The fourth-order valence-corrected chi connectivity index (χ4v) is 6.40. The molecule has 6 nitrogen and oxygen atoms in total. The van der Waals surface area contributed by atoms with Crippen molar-refractivity contribution in [2.45, 2.75) is 59.3 Å². The predicted octanol–water partition coefficient (Wildman–Crippen LogP) is 4.91. The molecule has 5 rings (SSSR count). The van der Waals surface area contributed by atoms with Crippen LogP contribution in [0.1, 0.15) is 55.4 Å². The number of carbonyl (C=O) groups is 1. The average molecular weight is 477 g/mol. The van der Waals surface area contributed by atoms with E-state index in [0.29, 0.717) is 31.1 Å². The number of nitrogens with one attached hydrogen (secondary N) is 3. The van der Waals surface area contributed by atoms with Crippen LogP contribution in [0, 0.1) is 11.3 Å². The zero-order chi connectivity index (χ0) is 23.9. The molecule has 0 saturated carbocycles. The van der Waals surface area contributed by atoms with Crippen molar-refractivity contribution in [3.8, 4) is 0 Å². The van der Waals surface area contributed by atoms with Crippen molar-refractivity contribution in [1.29, 1.82) is 0 Å². The lowest BCUT2D eigenvalue weighted by atomic mass is 9.72. The fourth-order valence-electron chi connectivity index (χ4n) is 5.08. The van der Waals surface area contributed by atoms with Gasteiger partial charge in [-0.05, 0) is 54.2 Å². The number of carbonyl (C=O) groups excluding carboxylic acids is 1. The summed E-state index contributed by atoms with van der Waals surface area (Å²) < 4.78 is 0. The van der Waals surface area contributed by atoms with Crippen LogP contribution >= 0.6 is 11.3 Å².